The molecule has 0 amide bonds. The minimum atomic E-state index is 0.461. The van der Waals surface area contributed by atoms with Crippen molar-refractivity contribution in [2.45, 2.75) is 38.2 Å². The second kappa shape index (κ2) is 6.86. The van der Waals surface area contributed by atoms with Gasteiger partial charge in [0.1, 0.15) is 0 Å². The van der Waals surface area contributed by atoms with Gasteiger partial charge < -0.3 is 15.8 Å². The molecular weight excluding hydrogens is 248 g/mol. The summed E-state index contributed by atoms with van der Waals surface area (Å²) in [6.07, 6.45) is 6.86. The predicted molar refractivity (Wildman–Crippen MR) is 77.2 cm³/mol. The first kappa shape index (κ1) is 13.5. The van der Waals surface area contributed by atoms with E-state index in [9.17, 15) is 0 Å². The standard InChI is InChI=1S/C14H21ClN2O/c15-11-6-7-14(13(16)10-11)17-8-9-18-12-4-2-1-3-5-12/h6-7,10,12,17H,1-5,8-9,16H2. The van der Waals surface area contributed by atoms with Gasteiger partial charge in [-0.05, 0) is 31.0 Å². The first-order valence-electron chi connectivity index (χ1n) is 6.66. The van der Waals surface area contributed by atoms with Gasteiger partial charge in [-0.2, -0.15) is 0 Å². The van der Waals surface area contributed by atoms with Gasteiger partial charge >= 0.3 is 0 Å². The zero-order valence-corrected chi connectivity index (χ0v) is 11.4. The molecule has 0 unspecified atom stereocenters. The molecule has 3 nitrogen and oxygen atoms in total. The first-order valence-corrected chi connectivity index (χ1v) is 7.04. The van der Waals surface area contributed by atoms with Gasteiger partial charge in [0.25, 0.3) is 0 Å². The summed E-state index contributed by atoms with van der Waals surface area (Å²) in [6.45, 7) is 1.51. The van der Waals surface area contributed by atoms with Crippen molar-refractivity contribution in [3.8, 4) is 0 Å². The van der Waals surface area contributed by atoms with E-state index < -0.39 is 0 Å². The van der Waals surface area contributed by atoms with Crippen LogP contribution >= 0.6 is 11.6 Å². The van der Waals surface area contributed by atoms with Crippen molar-refractivity contribution in [3.05, 3.63) is 23.2 Å². The van der Waals surface area contributed by atoms with E-state index in [4.69, 9.17) is 22.1 Å². The molecule has 0 spiro atoms. The summed E-state index contributed by atoms with van der Waals surface area (Å²) in [6, 6.07) is 5.49. The van der Waals surface area contributed by atoms with Crippen LogP contribution in [0.5, 0.6) is 0 Å². The Bertz CT molecular complexity index is 378. The molecule has 1 aliphatic carbocycles. The second-order valence-corrected chi connectivity index (χ2v) is 5.23. The molecule has 1 fully saturated rings. The molecule has 0 radical (unpaired) electrons. The Hall–Kier alpha value is -0.930. The fraction of sp³-hybridized carbons (Fsp3) is 0.571. The summed E-state index contributed by atoms with van der Waals surface area (Å²) in [5, 5.41) is 3.93. The predicted octanol–water partition coefficient (Wildman–Crippen LogP) is 3.68. The molecule has 1 aromatic carbocycles. The van der Waals surface area contributed by atoms with E-state index in [0.717, 1.165) is 18.8 Å². The minimum absolute atomic E-state index is 0.461. The highest BCUT2D eigenvalue weighted by Crippen LogP contribution is 2.23. The summed E-state index contributed by atoms with van der Waals surface area (Å²) in [7, 11) is 0. The van der Waals surface area contributed by atoms with Crippen molar-refractivity contribution in [2.75, 3.05) is 24.2 Å². The van der Waals surface area contributed by atoms with Gasteiger partial charge in [0.2, 0.25) is 0 Å². The Morgan fingerprint density at radius 1 is 1.28 bits per heavy atom. The smallest absolute Gasteiger partial charge is 0.0642 e. The lowest BCUT2D eigenvalue weighted by atomic mass is 9.98. The number of hydrogen-bond donors (Lipinski definition) is 2. The van der Waals surface area contributed by atoms with Gasteiger partial charge in [0.05, 0.1) is 24.1 Å². The molecule has 2 rings (SSSR count). The number of ether oxygens (including phenoxy) is 1. The summed E-state index contributed by atoms with van der Waals surface area (Å²) >= 11 is 5.85. The molecule has 18 heavy (non-hydrogen) atoms. The molecule has 1 aliphatic rings. The van der Waals surface area contributed by atoms with Crippen LogP contribution in [0.1, 0.15) is 32.1 Å². The van der Waals surface area contributed by atoms with Crippen molar-refractivity contribution in [1.29, 1.82) is 0 Å². The maximum Gasteiger partial charge on any atom is 0.0642 e. The zero-order chi connectivity index (χ0) is 12.8. The van der Waals surface area contributed by atoms with E-state index >= 15 is 0 Å². The van der Waals surface area contributed by atoms with Crippen molar-refractivity contribution >= 4 is 23.0 Å². The maximum absolute atomic E-state index is 5.86. The van der Waals surface area contributed by atoms with E-state index in [2.05, 4.69) is 5.32 Å². The Labute approximate surface area is 114 Å². The van der Waals surface area contributed by atoms with Gasteiger partial charge in [-0.1, -0.05) is 30.9 Å². The lowest BCUT2D eigenvalue weighted by molar-refractivity contribution is 0.0347. The maximum atomic E-state index is 5.86. The number of nitrogens with two attached hydrogens (primary N) is 1. The van der Waals surface area contributed by atoms with Gasteiger partial charge in [0.15, 0.2) is 0 Å². The third-order valence-electron chi connectivity index (χ3n) is 3.34. The average Bonchev–Trinajstić information content (AvgIpc) is 2.38. The van der Waals surface area contributed by atoms with Crippen LogP contribution in [0.15, 0.2) is 18.2 Å². The number of rotatable bonds is 5. The number of halogens is 1. The Morgan fingerprint density at radius 3 is 2.78 bits per heavy atom. The van der Waals surface area contributed by atoms with Crippen LogP contribution in [0.3, 0.4) is 0 Å². The fourth-order valence-electron chi connectivity index (χ4n) is 2.34. The Morgan fingerprint density at radius 2 is 2.06 bits per heavy atom. The number of anilines is 2. The van der Waals surface area contributed by atoms with Crippen LogP contribution in [0.2, 0.25) is 5.02 Å². The summed E-state index contributed by atoms with van der Waals surface area (Å²) in [5.74, 6) is 0. The van der Waals surface area contributed by atoms with Crippen molar-refractivity contribution in [3.63, 3.8) is 0 Å². The van der Waals surface area contributed by atoms with E-state index in [1.165, 1.54) is 32.1 Å². The minimum Gasteiger partial charge on any atom is -0.397 e. The summed E-state index contributed by atoms with van der Waals surface area (Å²) < 4.78 is 5.84. The van der Waals surface area contributed by atoms with E-state index in [1.807, 2.05) is 12.1 Å². The Balaban J connectivity index is 1.68. The van der Waals surface area contributed by atoms with Gasteiger partial charge in [0, 0.05) is 11.6 Å². The Kier molecular flexibility index (Phi) is 5.14. The largest absolute Gasteiger partial charge is 0.397 e. The SMILES string of the molecule is Nc1cc(Cl)ccc1NCCOC1CCCCC1. The molecule has 0 aliphatic heterocycles. The molecule has 1 saturated carbocycles. The summed E-state index contributed by atoms with van der Waals surface area (Å²) in [4.78, 5) is 0. The molecule has 4 heteroatoms. The molecule has 0 saturated heterocycles. The van der Waals surface area contributed by atoms with Crippen LogP contribution in [0.4, 0.5) is 11.4 Å². The highest BCUT2D eigenvalue weighted by atomic mass is 35.5. The lowest BCUT2D eigenvalue weighted by Crippen LogP contribution is -2.20. The fourth-order valence-corrected chi connectivity index (χ4v) is 2.52. The molecule has 0 atom stereocenters. The third kappa shape index (κ3) is 4.07. The zero-order valence-electron chi connectivity index (χ0n) is 10.6. The third-order valence-corrected chi connectivity index (χ3v) is 3.57. The molecule has 0 bridgehead atoms. The molecule has 0 heterocycles. The van der Waals surface area contributed by atoms with Gasteiger partial charge in [-0.25, -0.2) is 0 Å². The number of benzene rings is 1. The first-order chi connectivity index (χ1) is 8.75. The topological polar surface area (TPSA) is 47.3 Å². The van der Waals surface area contributed by atoms with E-state index in [-0.39, 0.29) is 0 Å². The van der Waals surface area contributed by atoms with Crippen LogP contribution in [-0.4, -0.2) is 19.3 Å². The number of hydrogen-bond acceptors (Lipinski definition) is 3. The monoisotopic (exact) mass is 268 g/mol. The highest BCUT2D eigenvalue weighted by molar-refractivity contribution is 6.31. The highest BCUT2D eigenvalue weighted by Gasteiger charge is 2.12. The van der Waals surface area contributed by atoms with Crippen LogP contribution < -0.4 is 11.1 Å². The van der Waals surface area contributed by atoms with Crippen LogP contribution in [-0.2, 0) is 4.74 Å². The normalized spacial score (nSPS) is 16.7. The van der Waals surface area contributed by atoms with Crippen LogP contribution in [0, 0.1) is 0 Å². The number of nitrogens with one attached hydrogen (secondary N) is 1. The molecule has 100 valence electrons. The van der Waals surface area contributed by atoms with Crippen molar-refractivity contribution in [2.24, 2.45) is 0 Å². The number of nitrogen functional groups attached to an aromatic ring is 1. The van der Waals surface area contributed by atoms with Crippen molar-refractivity contribution < 1.29 is 4.74 Å². The van der Waals surface area contributed by atoms with Crippen LogP contribution in [0.25, 0.3) is 0 Å². The molecular formula is C14H21ClN2O. The molecule has 0 aromatic heterocycles. The molecule has 3 N–H and O–H groups in total. The summed E-state index contributed by atoms with van der Waals surface area (Å²) in [5.41, 5.74) is 7.46. The van der Waals surface area contributed by atoms with E-state index in [1.54, 1.807) is 6.07 Å². The van der Waals surface area contributed by atoms with Crippen molar-refractivity contribution in [1.82, 2.24) is 0 Å². The average molecular weight is 269 g/mol. The second-order valence-electron chi connectivity index (χ2n) is 4.79. The van der Waals surface area contributed by atoms with Gasteiger partial charge in [-0.15, -0.1) is 0 Å². The lowest BCUT2D eigenvalue weighted by Gasteiger charge is -2.22. The van der Waals surface area contributed by atoms with Gasteiger partial charge in [-0.3, -0.25) is 0 Å². The van der Waals surface area contributed by atoms with E-state index in [0.29, 0.717) is 16.8 Å². The molecule has 1 aromatic rings. The quantitative estimate of drug-likeness (QED) is 0.633.